The van der Waals surface area contributed by atoms with E-state index >= 15 is 0 Å². The number of rotatable bonds is 5. The lowest BCUT2D eigenvalue weighted by Gasteiger charge is -2.27. The third kappa shape index (κ3) is 4.02. The van der Waals surface area contributed by atoms with Crippen LogP contribution in [0.5, 0.6) is 0 Å². The van der Waals surface area contributed by atoms with Crippen molar-refractivity contribution in [1.82, 2.24) is 0 Å². The van der Waals surface area contributed by atoms with Crippen LogP contribution in [0.2, 0.25) is 0 Å². The number of thioether (sulfide) groups is 1. The van der Waals surface area contributed by atoms with Crippen LogP contribution in [0.1, 0.15) is 19.4 Å². The summed E-state index contributed by atoms with van der Waals surface area (Å²) in [6.45, 7) is 3.58. The van der Waals surface area contributed by atoms with E-state index in [1.165, 1.54) is 23.9 Å². The molecule has 1 atom stereocenters. The second kappa shape index (κ2) is 5.51. The zero-order chi connectivity index (χ0) is 13.1. The SMILES string of the molecule is CC(C)(SCc1ccc(F)cc1)[C@@H](N)C(=O)O. The first kappa shape index (κ1) is 14.0. The molecule has 0 fully saturated rings. The normalized spacial score (nSPS) is 13.4. The molecule has 0 amide bonds. The molecule has 0 aliphatic heterocycles. The van der Waals surface area contributed by atoms with Crippen LogP contribution in [0.4, 0.5) is 4.39 Å². The monoisotopic (exact) mass is 257 g/mol. The Morgan fingerprint density at radius 3 is 2.47 bits per heavy atom. The van der Waals surface area contributed by atoms with Crippen molar-refractivity contribution in [3.8, 4) is 0 Å². The lowest BCUT2D eigenvalue weighted by atomic mass is 10.1. The Labute approximate surface area is 104 Å². The van der Waals surface area contributed by atoms with Crippen molar-refractivity contribution in [1.29, 1.82) is 0 Å². The van der Waals surface area contributed by atoms with E-state index in [0.29, 0.717) is 5.75 Å². The van der Waals surface area contributed by atoms with Gasteiger partial charge in [0, 0.05) is 10.5 Å². The lowest BCUT2D eigenvalue weighted by molar-refractivity contribution is -0.139. The van der Waals surface area contributed by atoms with Gasteiger partial charge in [-0.1, -0.05) is 12.1 Å². The highest BCUT2D eigenvalue weighted by Crippen LogP contribution is 2.30. The first-order valence-corrected chi connectivity index (χ1v) is 6.18. The Morgan fingerprint density at radius 1 is 1.47 bits per heavy atom. The van der Waals surface area contributed by atoms with E-state index < -0.39 is 16.8 Å². The van der Waals surface area contributed by atoms with Crippen molar-refractivity contribution < 1.29 is 14.3 Å². The highest BCUT2D eigenvalue weighted by Gasteiger charge is 2.32. The van der Waals surface area contributed by atoms with Gasteiger partial charge in [-0.3, -0.25) is 4.79 Å². The van der Waals surface area contributed by atoms with Crippen molar-refractivity contribution in [2.75, 3.05) is 0 Å². The molecule has 94 valence electrons. The minimum absolute atomic E-state index is 0.278. The predicted octanol–water partition coefficient (Wildman–Crippen LogP) is 2.25. The molecule has 0 radical (unpaired) electrons. The second-order valence-corrected chi connectivity index (χ2v) is 5.96. The molecular weight excluding hydrogens is 241 g/mol. The molecule has 0 heterocycles. The largest absolute Gasteiger partial charge is 0.480 e. The molecule has 0 saturated carbocycles. The molecule has 5 heteroatoms. The first-order valence-electron chi connectivity index (χ1n) is 5.20. The van der Waals surface area contributed by atoms with E-state index in [4.69, 9.17) is 10.8 Å². The van der Waals surface area contributed by atoms with E-state index in [9.17, 15) is 9.18 Å². The molecule has 0 spiro atoms. The Balaban J connectivity index is 2.60. The number of nitrogens with two attached hydrogens (primary N) is 1. The Morgan fingerprint density at radius 2 is 2.00 bits per heavy atom. The molecule has 0 aliphatic rings. The maximum absolute atomic E-state index is 12.7. The molecule has 0 unspecified atom stereocenters. The Kier molecular flexibility index (Phi) is 4.54. The number of hydrogen-bond acceptors (Lipinski definition) is 3. The standard InChI is InChI=1S/C12H16FNO2S/c1-12(2,10(14)11(15)16)17-7-8-3-5-9(13)6-4-8/h3-6,10H,7,14H2,1-2H3,(H,15,16)/t10-/m0/s1. The quantitative estimate of drug-likeness (QED) is 0.849. The van der Waals surface area contributed by atoms with Gasteiger partial charge in [-0.15, -0.1) is 11.8 Å². The number of carboxylic acids is 1. The molecule has 1 aromatic carbocycles. The van der Waals surface area contributed by atoms with E-state index in [1.54, 1.807) is 26.0 Å². The number of hydrogen-bond donors (Lipinski definition) is 2. The number of carboxylic acid groups (broad SMARTS) is 1. The van der Waals surface area contributed by atoms with Crippen LogP contribution in [0.15, 0.2) is 24.3 Å². The van der Waals surface area contributed by atoms with E-state index in [1.807, 2.05) is 0 Å². The summed E-state index contributed by atoms with van der Waals surface area (Å²) >= 11 is 1.45. The van der Waals surface area contributed by atoms with Crippen molar-refractivity contribution >= 4 is 17.7 Å². The third-order valence-electron chi connectivity index (χ3n) is 2.54. The highest BCUT2D eigenvalue weighted by molar-refractivity contribution is 7.99. The van der Waals surface area contributed by atoms with Crippen molar-refractivity contribution in [3.63, 3.8) is 0 Å². The van der Waals surface area contributed by atoms with Crippen LogP contribution in [-0.2, 0) is 10.5 Å². The smallest absolute Gasteiger partial charge is 0.321 e. The van der Waals surface area contributed by atoms with Gasteiger partial charge in [0.2, 0.25) is 0 Å². The number of carbonyl (C=O) groups is 1. The molecule has 0 saturated heterocycles. The van der Waals surface area contributed by atoms with Gasteiger partial charge < -0.3 is 10.8 Å². The Hall–Kier alpha value is -1.07. The zero-order valence-corrected chi connectivity index (χ0v) is 10.6. The van der Waals surface area contributed by atoms with Crippen LogP contribution < -0.4 is 5.73 Å². The fourth-order valence-electron chi connectivity index (χ4n) is 1.24. The molecule has 0 bridgehead atoms. The summed E-state index contributed by atoms with van der Waals surface area (Å²) < 4.78 is 12.1. The van der Waals surface area contributed by atoms with Crippen LogP contribution in [0.3, 0.4) is 0 Å². The van der Waals surface area contributed by atoms with Gasteiger partial charge in [-0.25, -0.2) is 4.39 Å². The molecule has 0 aliphatic carbocycles. The molecule has 1 aromatic rings. The number of benzene rings is 1. The third-order valence-corrected chi connectivity index (χ3v) is 4.01. The predicted molar refractivity (Wildman–Crippen MR) is 67.4 cm³/mol. The fourth-order valence-corrected chi connectivity index (χ4v) is 2.25. The average Bonchev–Trinajstić information content (AvgIpc) is 2.27. The minimum atomic E-state index is -1.01. The fraction of sp³-hybridized carbons (Fsp3) is 0.417. The van der Waals surface area contributed by atoms with Crippen molar-refractivity contribution in [2.45, 2.75) is 30.4 Å². The zero-order valence-electron chi connectivity index (χ0n) is 9.81. The summed E-state index contributed by atoms with van der Waals surface area (Å²) in [4.78, 5) is 10.8. The van der Waals surface area contributed by atoms with Gasteiger partial charge in [0.05, 0.1) is 0 Å². The molecule has 1 rings (SSSR count). The maximum Gasteiger partial charge on any atom is 0.321 e. The summed E-state index contributed by atoms with van der Waals surface area (Å²) in [5.41, 5.74) is 6.55. The molecule has 0 aromatic heterocycles. The van der Waals surface area contributed by atoms with Crippen LogP contribution in [-0.4, -0.2) is 21.9 Å². The highest BCUT2D eigenvalue weighted by atomic mass is 32.2. The number of halogens is 1. The van der Waals surface area contributed by atoms with Crippen molar-refractivity contribution in [2.24, 2.45) is 5.73 Å². The van der Waals surface area contributed by atoms with Crippen molar-refractivity contribution in [3.05, 3.63) is 35.6 Å². The van der Waals surface area contributed by atoms with Gasteiger partial charge in [-0.05, 0) is 31.5 Å². The summed E-state index contributed by atoms with van der Waals surface area (Å²) in [5, 5.41) is 8.86. The second-order valence-electron chi connectivity index (χ2n) is 4.33. The summed E-state index contributed by atoms with van der Waals surface area (Å²) in [6.07, 6.45) is 0. The molecule has 3 N–H and O–H groups in total. The summed E-state index contributed by atoms with van der Waals surface area (Å²) in [6, 6.07) is 5.23. The lowest BCUT2D eigenvalue weighted by Crippen LogP contribution is -2.46. The maximum atomic E-state index is 12.7. The molecular formula is C12H16FNO2S. The summed E-state index contributed by atoms with van der Waals surface area (Å²) in [5.74, 6) is -0.685. The van der Waals surface area contributed by atoms with E-state index in [-0.39, 0.29) is 5.82 Å². The van der Waals surface area contributed by atoms with Gasteiger partial charge in [0.15, 0.2) is 0 Å². The van der Waals surface area contributed by atoms with Crippen LogP contribution in [0.25, 0.3) is 0 Å². The minimum Gasteiger partial charge on any atom is -0.480 e. The molecule has 17 heavy (non-hydrogen) atoms. The summed E-state index contributed by atoms with van der Waals surface area (Å²) in [7, 11) is 0. The van der Waals surface area contributed by atoms with E-state index in [2.05, 4.69) is 0 Å². The van der Waals surface area contributed by atoms with Gasteiger partial charge in [0.25, 0.3) is 0 Å². The average molecular weight is 257 g/mol. The van der Waals surface area contributed by atoms with Crippen LogP contribution >= 0.6 is 11.8 Å². The van der Waals surface area contributed by atoms with Crippen LogP contribution in [0, 0.1) is 5.82 Å². The van der Waals surface area contributed by atoms with Gasteiger partial charge in [0.1, 0.15) is 11.9 Å². The van der Waals surface area contributed by atoms with E-state index in [0.717, 1.165) is 5.56 Å². The Bertz CT molecular complexity index is 392. The topological polar surface area (TPSA) is 63.3 Å². The van der Waals surface area contributed by atoms with Gasteiger partial charge >= 0.3 is 5.97 Å². The first-order chi connectivity index (χ1) is 7.83. The number of aliphatic carboxylic acids is 1. The molecule has 3 nitrogen and oxygen atoms in total. The van der Waals surface area contributed by atoms with Gasteiger partial charge in [-0.2, -0.15) is 0 Å².